The second-order valence-corrected chi connectivity index (χ2v) is 8.93. The maximum Gasteiger partial charge on any atom is 0.0784 e. The number of benzene rings is 2. The second-order valence-electron chi connectivity index (χ2n) is 6.68. The summed E-state index contributed by atoms with van der Waals surface area (Å²) in [5, 5.41) is 2.71. The Kier molecular flexibility index (Phi) is 5.39. The van der Waals surface area contributed by atoms with Crippen LogP contribution in [0.15, 0.2) is 54.6 Å². The fourth-order valence-corrected chi connectivity index (χ4v) is 5.28. The summed E-state index contributed by atoms with van der Waals surface area (Å²) in [7, 11) is 0. The molecule has 26 heavy (non-hydrogen) atoms. The number of hydrogen-bond donors (Lipinski definition) is 0. The Morgan fingerprint density at radius 3 is 2.35 bits per heavy atom. The van der Waals surface area contributed by atoms with Gasteiger partial charge in [-0.3, -0.25) is 0 Å². The lowest BCUT2D eigenvalue weighted by Crippen LogP contribution is -1.80. The normalized spacial score (nSPS) is 11.0. The highest BCUT2D eigenvalue weighted by Gasteiger charge is 2.06. The zero-order chi connectivity index (χ0) is 17.8. The summed E-state index contributed by atoms with van der Waals surface area (Å²) in [6.45, 7) is 2.27. The monoisotopic (exact) mass is 374 g/mol. The van der Waals surface area contributed by atoms with Gasteiger partial charge in [0, 0.05) is 19.8 Å². The van der Waals surface area contributed by atoms with Crippen LogP contribution in [-0.2, 0) is 6.42 Å². The van der Waals surface area contributed by atoms with Gasteiger partial charge in [0.1, 0.15) is 0 Å². The molecule has 0 spiro atoms. The molecule has 0 saturated carbocycles. The molecule has 0 aliphatic rings. The molecule has 4 aromatic rings. The van der Waals surface area contributed by atoms with Crippen LogP contribution in [0.3, 0.4) is 0 Å². The lowest BCUT2D eigenvalue weighted by Gasteiger charge is -1.96. The third-order valence-corrected chi connectivity index (χ3v) is 6.76. The highest BCUT2D eigenvalue weighted by atomic mass is 32.1. The van der Waals surface area contributed by atoms with Crippen LogP contribution in [0.5, 0.6) is 0 Å². The van der Waals surface area contributed by atoms with Gasteiger partial charge >= 0.3 is 0 Å². The molecule has 0 atom stereocenters. The van der Waals surface area contributed by atoms with E-state index >= 15 is 0 Å². The van der Waals surface area contributed by atoms with Crippen molar-refractivity contribution >= 4 is 42.8 Å². The van der Waals surface area contributed by atoms with E-state index in [0.717, 1.165) is 10.4 Å². The van der Waals surface area contributed by atoms with E-state index in [1.54, 1.807) is 11.3 Å². The van der Waals surface area contributed by atoms with Crippen LogP contribution in [0, 0.1) is 11.8 Å². The van der Waals surface area contributed by atoms with E-state index < -0.39 is 0 Å². The van der Waals surface area contributed by atoms with Gasteiger partial charge in [-0.25, -0.2) is 0 Å². The van der Waals surface area contributed by atoms with E-state index in [9.17, 15) is 0 Å². The summed E-state index contributed by atoms with van der Waals surface area (Å²) < 4.78 is 2.74. The van der Waals surface area contributed by atoms with Crippen LogP contribution in [0.4, 0.5) is 0 Å². The van der Waals surface area contributed by atoms with Crippen molar-refractivity contribution in [1.29, 1.82) is 0 Å². The summed E-state index contributed by atoms with van der Waals surface area (Å²) in [4.78, 5) is 2.67. The van der Waals surface area contributed by atoms with E-state index in [1.807, 2.05) is 29.5 Å². The van der Waals surface area contributed by atoms with Gasteiger partial charge in [0.05, 0.1) is 4.88 Å². The minimum Gasteiger partial charge on any atom is -0.140 e. The Labute approximate surface area is 163 Å². The average molecular weight is 375 g/mol. The number of thiophene rings is 2. The first-order valence-electron chi connectivity index (χ1n) is 9.35. The second kappa shape index (κ2) is 8.08. The summed E-state index contributed by atoms with van der Waals surface area (Å²) in [5.74, 6) is 6.58. The number of unbranched alkanes of at least 4 members (excludes halogenated alkanes) is 3. The quantitative estimate of drug-likeness (QED) is 0.249. The van der Waals surface area contributed by atoms with Gasteiger partial charge in [-0.05, 0) is 60.0 Å². The Balaban J connectivity index is 1.56. The standard InChI is InChI=1S/C24H22S2/c1-2-3-4-8-11-21-14-19-16-24-20(17-23(19)25-21)15-22(26-24)13-12-18-9-6-5-7-10-18/h5-7,9-10,14-17H,2-4,8,11H2,1H3. The van der Waals surface area contributed by atoms with E-state index in [0.29, 0.717) is 0 Å². The van der Waals surface area contributed by atoms with E-state index in [-0.39, 0.29) is 0 Å². The van der Waals surface area contributed by atoms with Crippen molar-refractivity contribution < 1.29 is 0 Å². The maximum atomic E-state index is 3.32. The maximum absolute atomic E-state index is 3.32. The van der Waals surface area contributed by atoms with Gasteiger partial charge in [0.2, 0.25) is 0 Å². The molecular weight excluding hydrogens is 352 g/mol. The molecule has 0 amide bonds. The van der Waals surface area contributed by atoms with Crippen LogP contribution in [0.25, 0.3) is 20.2 Å². The predicted molar refractivity (Wildman–Crippen MR) is 117 cm³/mol. The smallest absolute Gasteiger partial charge is 0.0784 e. The Hall–Kier alpha value is -2.08. The van der Waals surface area contributed by atoms with E-state index in [2.05, 4.69) is 55.2 Å². The van der Waals surface area contributed by atoms with Gasteiger partial charge in [-0.15, -0.1) is 22.7 Å². The van der Waals surface area contributed by atoms with Crippen molar-refractivity contribution in [1.82, 2.24) is 0 Å². The van der Waals surface area contributed by atoms with Gasteiger partial charge in [-0.1, -0.05) is 56.2 Å². The molecule has 2 aromatic carbocycles. The highest BCUT2D eigenvalue weighted by molar-refractivity contribution is 7.21. The van der Waals surface area contributed by atoms with Crippen molar-refractivity contribution in [3.63, 3.8) is 0 Å². The topological polar surface area (TPSA) is 0 Å². The third-order valence-electron chi connectivity index (χ3n) is 4.59. The fraction of sp³-hybridized carbons (Fsp3) is 0.250. The Morgan fingerprint density at radius 1 is 0.769 bits per heavy atom. The Bertz CT molecular complexity index is 1020. The van der Waals surface area contributed by atoms with Crippen LogP contribution in [-0.4, -0.2) is 0 Å². The lowest BCUT2D eigenvalue weighted by molar-refractivity contribution is 0.670. The third kappa shape index (κ3) is 4.01. The summed E-state index contributed by atoms with van der Waals surface area (Å²) in [6, 6.07) is 19.5. The number of aryl methyl sites for hydroxylation is 1. The van der Waals surface area contributed by atoms with Gasteiger partial charge < -0.3 is 0 Å². The van der Waals surface area contributed by atoms with Crippen molar-refractivity contribution in [3.05, 3.63) is 69.9 Å². The summed E-state index contributed by atoms with van der Waals surface area (Å²) in [5.41, 5.74) is 1.07. The highest BCUT2D eigenvalue weighted by Crippen LogP contribution is 2.34. The molecule has 0 aliphatic carbocycles. The SMILES string of the molecule is CCCCCCc1cc2cc3sc(C#Cc4ccccc4)cc3cc2s1. The fourth-order valence-electron chi connectivity index (χ4n) is 3.19. The predicted octanol–water partition coefficient (Wildman–Crippen LogP) is 7.64. The number of fused-ring (bicyclic) bond motifs is 2. The van der Waals surface area contributed by atoms with E-state index in [4.69, 9.17) is 0 Å². The molecule has 2 heterocycles. The van der Waals surface area contributed by atoms with Gasteiger partial charge in [-0.2, -0.15) is 0 Å². The molecule has 0 saturated heterocycles. The Morgan fingerprint density at radius 2 is 1.54 bits per heavy atom. The molecule has 0 bridgehead atoms. The van der Waals surface area contributed by atoms with Gasteiger partial charge in [0.15, 0.2) is 0 Å². The zero-order valence-electron chi connectivity index (χ0n) is 15.0. The summed E-state index contributed by atoms with van der Waals surface area (Å²) >= 11 is 3.75. The first-order chi connectivity index (χ1) is 12.8. The van der Waals surface area contributed by atoms with Crippen LogP contribution >= 0.6 is 22.7 Å². The summed E-state index contributed by atoms with van der Waals surface area (Å²) in [6.07, 6.45) is 6.55. The minimum absolute atomic E-state index is 1.07. The van der Waals surface area contributed by atoms with Crippen molar-refractivity contribution in [2.75, 3.05) is 0 Å². The largest absolute Gasteiger partial charge is 0.140 e. The van der Waals surface area contributed by atoms with Crippen LogP contribution in [0.2, 0.25) is 0 Å². The number of rotatable bonds is 5. The van der Waals surface area contributed by atoms with Crippen LogP contribution < -0.4 is 0 Å². The first kappa shape index (κ1) is 17.3. The van der Waals surface area contributed by atoms with Crippen molar-refractivity contribution in [2.24, 2.45) is 0 Å². The molecule has 0 nitrogen and oxygen atoms in total. The molecule has 2 aromatic heterocycles. The van der Waals surface area contributed by atoms with Gasteiger partial charge in [0.25, 0.3) is 0 Å². The molecule has 0 unspecified atom stereocenters. The van der Waals surface area contributed by atoms with E-state index in [1.165, 1.54) is 57.2 Å². The molecule has 0 radical (unpaired) electrons. The van der Waals surface area contributed by atoms with Crippen molar-refractivity contribution in [3.8, 4) is 11.8 Å². The molecule has 130 valence electrons. The molecule has 0 fully saturated rings. The molecule has 4 rings (SSSR count). The van der Waals surface area contributed by atoms with Crippen LogP contribution in [0.1, 0.15) is 47.9 Å². The number of hydrogen-bond acceptors (Lipinski definition) is 2. The molecule has 0 aliphatic heterocycles. The molecule has 0 N–H and O–H groups in total. The average Bonchev–Trinajstić information content (AvgIpc) is 3.24. The zero-order valence-corrected chi connectivity index (χ0v) is 16.7. The minimum atomic E-state index is 1.07. The van der Waals surface area contributed by atoms with Crippen molar-refractivity contribution in [2.45, 2.75) is 39.0 Å². The molecular formula is C24H22S2. The molecule has 2 heteroatoms. The lowest BCUT2D eigenvalue weighted by atomic mass is 10.1. The first-order valence-corrected chi connectivity index (χ1v) is 11.0.